The number of thioether (sulfide) groups is 1. The smallest absolute Gasteiger partial charge is 0.288 e. The molecule has 5 nitrogen and oxygen atoms in total. The van der Waals surface area contributed by atoms with Crippen LogP contribution in [-0.2, 0) is 14.8 Å². The molecule has 0 saturated carbocycles. The van der Waals surface area contributed by atoms with E-state index in [4.69, 9.17) is 0 Å². The van der Waals surface area contributed by atoms with Gasteiger partial charge in [-0.15, -0.1) is 0 Å². The molecule has 24 heavy (non-hydrogen) atoms. The van der Waals surface area contributed by atoms with Crippen LogP contribution in [0.25, 0.3) is 0 Å². The first-order valence-corrected chi connectivity index (χ1v) is 9.08. The molecule has 0 atom stereocenters. The molecule has 0 heterocycles. The van der Waals surface area contributed by atoms with Crippen LogP contribution in [0.3, 0.4) is 0 Å². The molecule has 0 unspecified atom stereocenters. The Bertz CT molecular complexity index is 808. The summed E-state index contributed by atoms with van der Waals surface area (Å²) >= 11 is 0.383. The highest BCUT2D eigenvalue weighted by atomic mass is 32.2. The van der Waals surface area contributed by atoms with Gasteiger partial charge in [-0.05, 0) is 48.5 Å². The van der Waals surface area contributed by atoms with E-state index >= 15 is 0 Å². The number of nitrogens with one attached hydrogen (secondary N) is 2. The fourth-order valence-electron chi connectivity index (χ4n) is 1.84. The molecule has 9 heteroatoms. The Kier molecular flexibility index (Phi) is 5.79. The number of carbonyl (C=O) groups excluding carboxylic acids is 1. The molecule has 0 spiro atoms. The van der Waals surface area contributed by atoms with E-state index in [0.717, 1.165) is 0 Å². The van der Waals surface area contributed by atoms with Gasteiger partial charge in [-0.2, -0.15) is 8.78 Å². The average molecular weight is 372 g/mol. The number of sulfonamides is 1. The summed E-state index contributed by atoms with van der Waals surface area (Å²) in [5, 5.41) is 2.54. The molecule has 0 aliphatic carbocycles. The third-order valence-electron chi connectivity index (χ3n) is 2.82. The molecule has 0 bridgehead atoms. The first kappa shape index (κ1) is 18.2. The van der Waals surface area contributed by atoms with Crippen LogP contribution < -0.4 is 10.0 Å². The highest BCUT2D eigenvalue weighted by Gasteiger charge is 2.14. The fourth-order valence-corrected chi connectivity index (χ4v) is 3.40. The molecule has 2 N–H and O–H groups in total. The Morgan fingerprint density at radius 3 is 2.04 bits per heavy atom. The van der Waals surface area contributed by atoms with E-state index in [1.807, 2.05) is 0 Å². The van der Waals surface area contributed by atoms with E-state index in [1.165, 1.54) is 55.5 Å². The quantitative estimate of drug-likeness (QED) is 0.757. The van der Waals surface area contributed by atoms with Crippen molar-refractivity contribution in [3.63, 3.8) is 0 Å². The highest BCUT2D eigenvalue weighted by molar-refractivity contribution is 7.99. The minimum Gasteiger partial charge on any atom is -0.326 e. The summed E-state index contributed by atoms with van der Waals surface area (Å²) in [7, 11) is -3.81. The summed E-state index contributed by atoms with van der Waals surface area (Å²) in [5.41, 5.74) is 0.745. The summed E-state index contributed by atoms with van der Waals surface area (Å²) < 4.78 is 51.4. The lowest BCUT2D eigenvalue weighted by molar-refractivity contribution is -0.114. The SMILES string of the molecule is CC(=O)Nc1ccc(S(=O)(=O)Nc2ccc(SC(F)F)cc2)cc1. The van der Waals surface area contributed by atoms with E-state index in [1.54, 1.807) is 0 Å². The van der Waals surface area contributed by atoms with Crippen molar-refractivity contribution in [1.82, 2.24) is 0 Å². The normalized spacial score (nSPS) is 11.3. The standard InChI is InChI=1S/C15H14F2N2O3S2/c1-10(20)18-11-4-8-14(9-5-11)24(21,22)19-12-2-6-13(7-3-12)23-15(16)17/h2-9,15,19H,1H3,(H,18,20). The number of hydrogen-bond acceptors (Lipinski definition) is 4. The van der Waals surface area contributed by atoms with Crippen molar-refractivity contribution >= 4 is 39.1 Å². The molecule has 2 rings (SSSR count). The Balaban J connectivity index is 2.11. The third-order valence-corrected chi connectivity index (χ3v) is 4.94. The van der Waals surface area contributed by atoms with Gasteiger partial charge in [0.05, 0.1) is 4.90 Å². The van der Waals surface area contributed by atoms with Gasteiger partial charge >= 0.3 is 0 Å². The van der Waals surface area contributed by atoms with Crippen molar-refractivity contribution in [2.45, 2.75) is 22.5 Å². The third kappa shape index (κ3) is 5.20. The van der Waals surface area contributed by atoms with Crippen LogP contribution in [0.2, 0.25) is 0 Å². The van der Waals surface area contributed by atoms with E-state index in [2.05, 4.69) is 10.0 Å². The second kappa shape index (κ2) is 7.63. The Hall–Kier alpha value is -2.13. The number of hydrogen-bond donors (Lipinski definition) is 2. The van der Waals surface area contributed by atoms with Gasteiger partial charge in [0.2, 0.25) is 5.91 Å². The number of carbonyl (C=O) groups is 1. The summed E-state index contributed by atoms with van der Waals surface area (Å²) in [6, 6.07) is 11.3. The maximum Gasteiger partial charge on any atom is 0.288 e. The van der Waals surface area contributed by atoms with Crippen LogP contribution in [0.15, 0.2) is 58.3 Å². The summed E-state index contributed by atoms with van der Waals surface area (Å²) in [5.74, 6) is -2.79. The van der Waals surface area contributed by atoms with Crippen LogP contribution >= 0.6 is 11.8 Å². The first-order chi connectivity index (χ1) is 11.3. The largest absolute Gasteiger partial charge is 0.326 e. The van der Waals surface area contributed by atoms with Gasteiger partial charge < -0.3 is 5.32 Å². The molecule has 0 radical (unpaired) electrons. The van der Waals surface area contributed by atoms with Crippen LogP contribution in [0.1, 0.15) is 6.92 Å². The van der Waals surface area contributed by atoms with Crippen molar-refractivity contribution in [3.8, 4) is 0 Å². The van der Waals surface area contributed by atoms with Gasteiger partial charge in [-0.3, -0.25) is 9.52 Å². The van der Waals surface area contributed by atoms with Gasteiger partial charge in [-0.25, -0.2) is 8.42 Å². The Labute approximate surface area is 142 Å². The van der Waals surface area contributed by atoms with E-state index in [9.17, 15) is 22.0 Å². The molecular weight excluding hydrogens is 358 g/mol. The predicted octanol–water partition coefficient (Wildman–Crippen LogP) is 3.76. The second-order valence-electron chi connectivity index (χ2n) is 4.71. The number of halogens is 2. The summed E-state index contributed by atoms with van der Waals surface area (Å²) in [6.45, 7) is 1.35. The van der Waals surface area contributed by atoms with E-state index < -0.39 is 15.8 Å². The Morgan fingerprint density at radius 1 is 1.00 bits per heavy atom. The van der Waals surface area contributed by atoms with Crippen LogP contribution in [0.5, 0.6) is 0 Å². The fraction of sp³-hybridized carbons (Fsp3) is 0.133. The Morgan fingerprint density at radius 2 is 1.54 bits per heavy atom. The molecule has 0 aliphatic heterocycles. The zero-order valence-corrected chi connectivity index (χ0v) is 14.1. The zero-order chi connectivity index (χ0) is 17.7. The van der Waals surface area contributed by atoms with Crippen molar-refractivity contribution in [2.75, 3.05) is 10.0 Å². The molecule has 0 aromatic heterocycles. The molecule has 2 aromatic rings. The maximum atomic E-state index is 12.3. The minimum absolute atomic E-state index is 0.0163. The summed E-state index contributed by atoms with van der Waals surface area (Å²) in [6.07, 6.45) is 0. The number of amides is 1. The van der Waals surface area contributed by atoms with Gasteiger partial charge in [0.1, 0.15) is 0 Å². The number of alkyl halides is 2. The lowest BCUT2D eigenvalue weighted by atomic mass is 10.3. The molecule has 128 valence electrons. The van der Waals surface area contributed by atoms with E-state index in [0.29, 0.717) is 22.3 Å². The van der Waals surface area contributed by atoms with Crippen molar-refractivity contribution in [3.05, 3.63) is 48.5 Å². The second-order valence-corrected chi connectivity index (χ2v) is 7.46. The van der Waals surface area contributed by atoms with Crippen molar-refractivity contribution in [2.24, 2.45) is 0 Å². The lowest BCUT2D eigenvalue weighted by Crippen LogP contribution is -2.13. The molecule has 0 aliphatic rings. The van der Waals surface area contributed by atoms with Crippen LogP contribution in [-0.4, -0.2) is 20.1 Å². The molecule has 0 fully saturated rings. The predicted molar refractivity (Wildman–Crippen MR) is 89.9 cm³/mol. The van der Waals surface area contributed by atoms with Gasteiger partial charge in [0, 0.05) is 23.2 Å². The van der Waals surface area contributed by atoms with Crippen LogP contribution in [0, 0.1) is 0 Å². The average Bonchev–Trinajstić information content (AvgIpc) is 2.48. The number of rotatable bonds is 6. The van der Waals surface area contributed by atoms with Gasteiger partial charge in [0.15, 0.2) is 0 Å². The number of benzene rings is 2. The lowest BCUT2D eigenvalue weighted by Gasteiger charge is -2.09. The monoisotopic (exact) mass is 372 g/mol. The molecule has 1 amide bonds. The van der Waals surface area contributed by atoms with E-state index in [-0.39, 0.29) is 16.5 Å². The summed E-state index contributed by atoms with van der Waals surface area (Å²) in [4.78, 5) is 11.3. The van der Waals surface area contributed by atoms with Crippen LogP contribution in [0.4, 0.5) is 20.2 Å². The molecule has 2 aromatic carbocycles. The van der Waals surface area contributed by atoms with Crippen molar-refractivity contribution < 1.29 is 22.0 Å². The zero-order valence-electron chi connectivity index (χ0n) is 12.5. The molecule has 0 saturated heterocycles. The molecular formula is C15H14F2N2O3S2. The minimum atomic E-state index is -3.81. The first-order valence-electron chi connectivity index (χ1n) is 6.71. The number of anilines is 2. The van der Waals surface area contributed by atoms with Gasteiger partial charge in [-0.1, -0.05) is 11.8 Å². The maximum absolute atomic E-state index is 12.3. The van der Waals surface area contributed by atoms with Crippen molar-refractivity contribution in [1.29, 1.82) is 0 Å². The topological polar surface area (TPSA) is 75.3 Å². The highest BCUT2D eigenvalue weighted by Crippen LogP contribution is 2.27. The van der Waals surface area contributed by atoms with Gasteiger partial charge in [0.25, 0.3) is 15.8 Å².